The third-order valence-electron chi connectivity index (χ3n) is 2.06. The van der Waals surface area contributed by atoms with Crippen LogP contribution in [0.3, 0.4) is 0 Å². The standard InChI is InChI=1S/C11H17N3OS/c1-4-6-12-7-10-8-16-11(13-10)14(5-2)9(3)15/h4,8,12H,1,5-7H2,2-3H3. The SMILES string of the molecule is C=CCNCc1csc(N(CC)C(C)=O)n1. The number of carbonyl (C=O) groups excluding carboxylic acids is 1. The number of aromatic nitrogens is 1. The zero-order valence-corrected chi connectivity index (χ0v) is 10.5. The van der Waals surface area contributed by atoms with E-state index in [1.807, 2.05) is 12.3 Å². The van der Waals surface area contributed by atoms with Gasteiger partial charge in [0.2, 0.25) is 5.91 Å². The molecule has 0 aliphatic rings. The van der Waals surface area contributed by atoms with Crippen molar-refractivity contribution in [2.45, 2.75) is 20.4 Å². The van der Waals surface area contributed by atoms with Gasteiger partial charge in [-0.25, -0.2) is 4.98 Å². The topological polar surface area (TPSA) is 45.2 Å². The van der Waals surface area contributed by atoms with Crippen LogP contribution in [-0.4, -0.2) is 24.0 Å². The largest absolute Gasteiger partial charge is 0.308 e. The summed E-state index contributed by atoms with van der Waals surface area (Å²) in [6.45, 7) is 9.25. The highest BCUT2D eigenvalue weighted by atomic mass is 32.1. The first-order valence-corrected chi connectivity index (χ1v) is 6.11. The molecular formula is C11H17N3OS. The van der Waals surface area contributed by atoms with Crippen LogP contribution in [0.4, 0.5) is 5.13 Å². The number of nitrogens with zero attached hydrogens (tertiary/aromatic N) is 2. The summed E-state index contributed by atoms with van der Waals surface area (Å²) < 4.78 is 0. The molecule has 0 aliphatic carbocycles. The minimum Gasteiger partial charge on any atom is -0.308 e. The highest BCUT2D eigenvalue weighted by Crippen LogP contribution is 2.20. The summed E-state index contributed by atoms with van der Waals surface area (Å²) in [6.07, 6.45) is 1.81. The van der Waals surface area contributed by atoms with Crippen LogP contribution in [-0.2, 0) is 11.3 Å². The van der Waals surface area contributed by atoms with E-state index in [9.17, 15) is 4.79 Å². The fourth-order valence-electron chi connectivity index (χ4n) is 1.30. The monoisotopic (exact) mass is 239 g/mol. The molecule has 0 saturated heterocycles. The van der Waals surface area contributed by atoms with Gasteiger partial charge in [-0.15, -0.1) is 17.9 Å². The molecule has 0 saturated carbocycles. The van der Waals surface area contributed by atoms with Gasteiger partial charge < -0.3 is 5.32 Å². The van der Waals surface area contributed by atoms with Gasteiger partial charge in [0.05, 0.1) is 5.69 Å². The Balaban J connectivity index is 2.62. The Morgan fingerprint density at radius 1 is 1.75 bits per heavy atom. The Hall–Kier alpha value is -1.20. The number of hydrogen-bond donors (Lipinski definition) is 1. The van der Waals surface area contributed by atoms with Crippen molar-refractivity contribution in [1.82, 2.24) is 10.3 Å². The van der Waals surface area contributed by atoms with Crippen molar-refractivity contribution in [3.05, 3.63) is 23.7 Å². The van der Waals surface area contributed by atoms with Gasteiger partial charge in [-0.2, -0.15) is 0 Å². The molecule has 0 aliphatic heterocycles. The van der Waals surface area contributed by atoms with Crippen LogP contribution in [0.1, 0.15) is 19.5 Å². The Labute approximate surface area is 100.0 Å². The van der Waals surface area contributed by atoms with Gasteiger partial charge >= 0.3 is 0 Å². The molecule has 0 atom stereocenters. The summed E-state index contributed by atoms with van der Waals surface area (Å²) in [5.74, 6) is 0.0300. The minimum absolute atomic E-state index is 0.0300. The molecule has 5 heteroatoms. The van der Waals surface area contributed by atoms with Crippen molar-refractivity contribution in [2.24, 2.45) is 0 Å². The zero-order chi connectivity index (χ0) is 12.0. The van der Waals surface area contributed by atoms with Crippen molar-refractivity contribution in [3.8, 4) is 0 Å². The van der Waals surface area contributed by atoms with Gasteiger partial charge in [0, 0.05) is 31.9 Å². The molecule has 1 aromatic rings. The maximum absolute atomic E-state index is 11.3. The molecular weight excluding hydrogens is 222 g/mol. The fourth-order valence-corrected chi connectivity index (χ4v) is 2.23. The Bertz CT molecular complexity index is 362. The highest BCUT2D eigenvalue weighted by molar-refractivity contribution is 7.14. The number of thiazole rings is 1. The Kier molecular flexibility index (Phi) is 5.14. The van der Waals surface area contributed by atoms with E-state index in [0.29, 0.717) is 13.1 Å². The third kappa shape index (κ3) is 3.43. The number of rotatable bonds is 6. The average Bonchev–Trinajstić information content (AvgIpc) is 2.67. The summed E-state index contributed by atoms with van der Waals surface area (Å²) in [5.41, 5.74) is 0.960. The molecule has 1 amide bonds. The molecule has 1 aromatic heterocycles. The van der Waals surface area contributed by atoms with Crippen LogP contribution in [0.15, 0.2) is 18.0 Å². The molecule has 0 bridgehead atoms. The van der Waals surface area contributed by atoms with E-state index in [1.165, 1.54) is 11.3 Å². The summed E-state index contributed by atoms with van der Waals surface area (Å²) in [7, 11) is 0. The van der Waals surface area contributed by atoms with Gasteiger partial charge in [-0.1, -0.05) is 6.08 Å². The van der Waals surface area contributed by atoms with Crippen LogP contribution < -0.4 is 10.2 Å². The molecule has 0 radical (unpaired) electrons. The van der Waals surface area contributed by atoms with E-state index in [2.05, 4.69) is 16.9 Å². The summed E-state index contributed by atoms with van der Waals surface area (Å²) in [5, 5.41) is 5.91. The first-order valence-electron chi connectivity index (χ1n) is 5.23. The quantitative estimate of drug-likeness (QED) is 0.608. The second-order valence-corrected chi connectivity index (χ2v) is 4.14. The maximum atomic E-state index is 11.3. The number of nitrogens with one attached hydrogen (secondary N) is 1. The molecule has 4 nitrogen and oxygen atoms in total. The van der Waals surface area contributed by atoms with E-state index >= 15 is 0 Å². The maximum Gasteiger partial charge on any atom is 0.225 e. The number of anilines is 1. The normalized spacial score (nSPS) is 10.1. The van der Waals surface area contributed by atoms with Crippen LogP contribution in [0.25, 0.3) is 0 Å². The van der Waals surface area contributed by atoms with Crippen LogP contribution in [0.2, 0.25) is 0 Å². The van der Waals surface area contributed by atoms with Crippen LogP contribution in [0, 0.1) is 0 Å². The Morgan fingerprint density at radius 3 is 3.06 bits per heavy atom. The molecule has 16 heavy (non-hydrogen) atoms. The second-order valence-electron chi connectivity index (χ2n) is 3.30. The summed E-state index contributed by atoms with van der Waals surface area (Å²) >= 11 is 1.50. The third-order valence-corrected chi connectivity index (χ3v) is 2.97. The van der Waals surface area contributed by atoms with E-state index in [1.54, 1.807) is 17.9 Å². The first-order chi connectivity index (χ1) is 7.69. The van der Waals surface area contributed by atoms with Crippen molar-refractivity contribution in [3.63, 3.8) is 0 Å². The van der Waals surface area contributed by atoms with Gasteiger partial charge in [0.25, 0.3) is 0 Å². The molecule has 1 N–H and O–H groups in total. The van der Waals surface area contributed by atoms with Crippen molar-refractivity contribution < 1.29 is 4.79 Å². The van der Waals surface area contributed by atoms with Gasteiger partial charge in [0.1, 0.15) is 0 Å². The van der Waals surface area contributed by atoms with Crippen molar-refractivity contribution in [2.75, 3.05) is 18.0 Å². The minimum atomic E-state index is 0.0300. The van der Waals surface area contributed by atoms with Gasteiger partial charge in [-0.3, -0.25) is 9.69 Å². The van der Waals surface area contributed by atoms with Gasteiger partial charge in [-0.05, 0) is 6.92 Å². The first kappa shape index (κ1) is 12.9. The van der Waals surface area contributed by atoms with E-state index in [0.717, 1.165) is 17.4 Å². The van der Waals surface area contributed by atoms with E-state index in [4.69, 9.17) is 0 Å². The molecule has 0 fully saturated rings. The van der Waals surface area contributed by atoms with Crippen LogP contribution in [0.5, 0.6) is 0 Å². The Morgan fingerprint density at radius 2 is 2.50 bits per heavy atom. The average molecular weight is 239 g/mol. The lowest BCUT2D eigenvalue weighted by molar-refractivity contribution is -0.116. The van der Waals surface area contributed by atoms with Crippen molar-refractivity contribution in [1.29, 1.82) is 0 Å². The molecule has 0 unspecified atom stereocenters. The lowest BCUT2D eigenvalue weighted by Crippen LogP contribution is -2.27. The lowest BCUT2D eigenvalue weighted by atomic mass is 10.4. The number of amides is 1. The molecule has 0 aromatic carbocycles. The predicted octanol–water partition coefficient (Wildman–Crippen LogP) is 1.79. The summed E-state index contributed by atoms with van der Waals surface area (Å²) in [6, 6.07) is 0. The highest BCUT2D eigenvalue weighted by Gasteiger charge is 2.12. The molecule has 1 rings (SSSR count). The lowest BCUT2D eigenvalue weighted by Gasteiger charge is -2.14. The molecule has 88 valence electrons. The smallest absolute Gasteiger partial charge is 0.225 e. The second kappa shape index (κ2) is 6.40. The molecule has 1 heterocycles. The summed E-state index contributed by atoms with van der Waals surface area (Å²) in [4.78, 5) is 17.4. The van der Waals surface area contributed by atoms with E-state index in [-0.39, 0.29) is 5.91 Å². The van der Waals surface area contributed by atoms with Gasteiger partial charge in [0.15, 0.2) is 5.13 Å². The molecule has 0 spiro atoms. The number of hydrogen-bond acceptors (Lipinski definition) is 4. The predicted molar refractivity (Wildman–Crippen MR) is 67.7 cm³/mol. The van der Waals surface area contributed by atoms with Crippen molar-refractivity contribution >= 4 is 22.4 Å². The number of carbonyl (C=O) groups is 1. The zero-order valence-electron chi connectivity index (χ0n) is 9.69. The fraction of sp³-hybridized carbons (Fsp3) is 0.455. The van der Waals surface area contributed by atoms with E-state index < -0.39 is 0 Å². The van der Waals surface area contributed by atoms with Crippen LogP contribution >= 0.6 is 11.3 Å².